The molecule has 2 heterocycles. The molecule has 0 fully saturated rings. The third-order valence-electron chi connectivity index (χ3n) is 1.93. The molecule has 0 spiro atoms. The van der Waals surface area contributed by atoms with Crippen LogP contribution >= 0.6 is 0 Å². The molecule has 5 nitrogen and oxygen atoms in total. The molecule has 2 rings (SSSR count). The molecule has 5 heteroatoms. The lowest BCUT2D eigenvalue weighted by Gasteiger charge is -2.17. The van der Waals surface area contributed by atoms with E-state index in [2.05, 4.69) is 4.98 Å². The second-order valence-corrected chi connectivity index (χ2v) is 2.79. The highest BCUT2D eigenvalue weighted by Crippen LogP contribution is 2.08. The van der Waals surface area contributed by atoms with Gasteiger partial charge in [0.05, 0.1) is 0 Å². The van der Waals surface area contributed by atoms with Crippen molar-refractivity contribution < 1.29 is 4.79 Å². The van der Waals surface area contributed by atoms with Crippen LogP contribution in [-0.2, 0) is 11.2 Å². The van der Waals surface area contributed by atoms with E-state index in [0.717, 1.165) is 18.8 Å². The topological polar surface area (TPSA) is 64.2 Å². The monoisotopic (exact) mass is 166 g/mol. The molecular weight excluding hydrogens is 156 g/mol. The maximum Gasteiger partial charge on any atom is 0.238 e. The Labute approximate surface area is 69.8 Å². The van der Waals surface area contributed by atoms with Gasteiger partial charge in [-0.3, -0.25) is 4.79 Å². The van der Waals surface area contributed by atoms with Gasteiger partial charge >= 0.3 is 0 Å². The summed E-state index contributed by atoms with van der Waals surface area (Å²) >= 11 is 0. The lowest BCUT2D eigenvalue weighted by atomic mass is 10.4. The molecule has 0 unspecified atom stereocenters. The molecule has 2 N–H and O–H groups in total. The van der Waals surface area contributed by atoms with Crippen molar-refractivity contribution >= 4 is 5.91 Å². The number of nitrogens with two attached hydrogens (primary N) is 1. The maximum atomic E-state index is 10.6. The van der Waals surface area contributed by atoms with E-state index in [1.54, 1.807) is 6.20 Å². The summed E-state index contributed by atoms with van der Waals surface area (Å²) in [5.41, 5.74) is 5.08. The van der Waals surface area contributed by atoms with Crippen LogP contribution in [0.3, 0.4) is 0 Å². The summed E-state index contributed by atoms with van der Waals surface area (Å²) in [6, 6.07) is 0. The molecule has 12 heavy (non-hydrogen) atoms. The van der Waals surface area contributed by atoms with E-state index in [9.17, 15) is 4.79 Å². The van der Waals surface area contributed by atoms with Gasteiger partial charge in [0.25, 0.3) is 0 Å². The number of hydrogen-bond acceptors (Lipinski definition) is 3. The Bertz CT molecular complexity index is 306. The first kappa shape index (κ1) is 7.15. The number of fused-ring (bicyclic) bond motifs is 1. The van der Waals surface area contributed by atoms with E-state index >= 15 is 0 Å². The smallest absolute Gasteiger partial charge is 0.238 e. The number of carbonyl (C=O) groups is 1. The Morgan fingerprint density at radius 2 is 2.58 bits per heavy atom. The van der Waals surface area contributed by atoms with Crippen molar-refractivity contribution in [2.24, 2.45) is 5.73 Å². The number of nitrogens with zero attached hydrogens (tertiary/aromatic N) is 3. The minimum Gasteiger partial charge on any atom is -0.368 e. The normalized spacial score (nSPS) is 14.8. The fraction of sp³-hybridized carbons (Fsp3) is 0.429. The van der Waals surface area contributed by atoms with Crippen molar-refractivity contribution in [3.05, 3.63) is 18.2 Å². The zero-order chi connectivity index (χ0) is 8.55. The Balaban J connectivity index is 2.17. The van der Waals surface area contributed by atoms with E-state index in [1.807, 2.05) is 15.9 Å². The third kappa shape index (κ3) is 1.03. The molecule has 0 aromatic carbocycles. The van der Waals surface area contributed by atoms with Crippen LogP contribution in [0.4, 0.5) is 0 Å². The lowest BCUT2D eigenvalue weighted by molar-refractivity contribution is -0.116. The van der Waals surface area contributed by atoms with Gasteiger partial charge in [-0.2, -0.15) is 0 Å². The highest BCUT2D eigenvalue weighted by molar-refractivity contribution is 5.77. The molecule has 0 radical (unpaired) electrons. The van der Waals surface area contributed by atoms with Crippen LogP contribution in [0.25, 0.3) is 0 Å². The molecular formula is C7H10N4O. The zero-order valence-electron chi connectivity index (χ0n) is 6.60. The number of carbonyl (C=O) groups excluding carboxylic acids is 1. The summed E-state index contributed by atoms with van der Waals surface area (Å²) in [6.07, 6.45) is 4.45. The molecule has 1 aromatic heterocycles. The number of primary amides is 1. The molecule has 0 saturated heterocycles. The molecule has 64 valence electrons. The highest BCUT2D eigenvalue weighted by Gasteiger charge is 2.19. The molecule has 1 aromatic rings. The number of aromatic nitrogens is 2. The van der Waals surface area contributed by atoms with Crippen LogP contribution in [0.1, 0.15) is 5.82 Å². The third-order valence-corrected chi connectivity index (χ3v) is 1.93. The Hall–Kier alpha value is -1.52. The minimum atomic E-state index is -0.309. The summed E-state index contributed by atoms with van der Waals surface area (Å²) in [5.74, 6) is 0.688. The summed E-state index contributed by atoms with van der Waals surface area (Å²) in [4.78, 5) is 14.8. The molecule has 0 saturated carbocycles. The average Bonchev–Trinajstić information content (AvgIpc) is 2.52. The van der Waals surface area contributed by atoms with Gasteiger partial charge < -0.3 is 10.7 Å². The fourth-order valence-corrected chi connectivity index (χ4v) is 1.44. The quantitative estimate of drug-likeness (QED) is 0.604. The standard InChI is InChI=1S/C7H10N4O/c8-6(12)5-10-3-1-7-9-2-4-11(7)10/h2,4H,1,3,5H2,(H2,8,12). The van der Waals surface area contributed by atoms with E-state index in [4.69, 9.17) is 5.73 Å². The number of imidazole rings is 1. The minimum absolute atomic E-state index is 0.267. The summed E-state index contributed by atoms with van der Waals surface area (Å²) in [5, 5.41) is 1.88. The van der Waals surface area contributed by atoms with E-state index in [1.165, 1.54) is 0 Å². The van der Waals surface area contributed by atoms with Gasteiger partial charge in [0, 0.05) is 25.4 Å². The van der Waals surface area contributed by atoms with E-state index in [0.29, 0.717) is 0 Å². The predicted molar refractivity (Wildman–Crippen MR) is 43.1 cm³/mol. The number of hydrogen-bond donors (Lipinski definition) is 1. The number of rotatable bonds is 2. The molecule has 0 atom stereocenters. The van der Waals surface area contributed by atoms with Gasteiger partial charge in [0.15, 0.2) is 0 Å². The van der Waals surface area contributed by atoms with Crippen LogP contribution in [0.5, 0.6) is 0 Å². The lowest BCUT2D eigenvalue weighted by Crippen LogP contribution is -2.38. The van der Waals surface area contributed by atoms with Gasteiger partial charge in [0.2, 0.25) is 5.91 Å². The number of amides is 1. The predicted octanol–water partition coefficient (Wildman–Crippen LogP) is -1.14. The van der Waals surface area contributed by atoms with Crippen LogP contribution in [0.2, 0.25) is 0 Å². The van der Waals surface area contributed by atoms with Crippen molar-refractivity contribution in [2.45, 2.75) is 6.42 Å². The Morgan fingerprint density at radius 3 is 3.33 bits per heavy atom. The highest BCUT2D eigenvalue weighted by atomic mass is 16.1. The second-order valence-electron chi connectivity index (χ2n) is 2.79. The Morgan fingerprint density at radius 1 is 1.75 bits per heavy atom. The van der Waals surface area contributed by atoms with Crippen molar-refractivity contribution in [1.82, 2.24) is 9.66 Å². The van der Waals surface area contributed by atoms with Gasteiger partial charge in [-0.05, 0) is 0 Å². The van der Waals surface area contributed by atoms with Gasteiger partial charge in [0.1, 0.15) is 12.4 Å². The summed E-state index contributed by atoms with van der Waals surface area (Å²) in [7, 11) is 0. The zero-order valence-corrected chi connectivity index (χ0v) is 6.60. The van der Waals surface area contributed by atoms with E-state index in [-0.39, 0.29) is 12.5 Å². The molecule has 0 aliphatic carbocycles. The molecule has 1 aliphatic rings. The van der Waals surface area contributed by atoms with Crippen molar-refractivity contribution in [3.8, 4) is 0 Å². The van der Waals surface area contributed by atoms with Crippen LogP contribution in [0, 0.1) is 0 Å². The molecule has 0 bridgehead atoms. The summed E-state index contributed by atoms with van der Waals surface area (Å²) < 4.78 is 1.88. The molecule has 1 amide bonds. The Kier molecular flexibility index (Phi) is 1.49. The van der Waals surface area contributed by atoms with Gasteiger partial charge in [-0.25, -0.2) is 9.66 Å². The van der Waals surface area contributed by atoms with Crippen molar-refractivity contribution in [1.29, 1.82) is 0 Å². The fourth-order valence-electron chi connectivity index (χ4n) is 1.44. The van der Waals surface area contributed by atoms with Crippen molar-refractivity contribution in [2.75, 3.05) is 18.1 Å². The second kappa shape index (κ2) is 2.51. The molecule has 1 aliphatic heterocycles. The van der Waals surface area contributed by atoms with E-state index < -0.39 is 0 Å². The first-order valence-corrected chi connectivity index (χ1v) is 3.83. The van der Waals surface area contributed by atoms with Crippen molar-refractivity contribution in [3.63, 3.8) is 0 Å². The van der Waals surface area contributed by atoms with Crippen LogP contribution < -0.4 is 10.7 Å². The SMILES string of the molecule is NC(=O)CN1CCc2nccn21. The average molecular weight is 166 g/mol. The van der Waals surface area contributed by atoms with Gasteiger partial charge in [-0.15, -0.1) is 0 Å². The largest absolute Gasteiger partial charge is 0.368 e. The van der Waals surface area contributed by atoms with Crippen LogP contribution in [0.15, 0.2) is 12.4 Å². The summed E-state index contributed by atoms with van der Waals surface area (Å²) in [6.45, 7) is 1.09. The maximum absolute atomic E-state index is 10.6. The first-order chi connectivity index (χ1) is 5.77. The van der Waals surface area contributed by atoms with Gasteiger partial charge in [-0.1, -0.05) is 0 Å². The first-order valence-electron chi connectivity index (χ1n) is 3.83. The van der Waals surface area contributed by atoms with Crippen LogP contribution in [-0.4, -0.2) is 28.7 Å².